The Bertz CT molecular complexity index is 864. The van der Waals surface area contributed by atoms with Gasteiger partial charge in [-0.15, -0.1) is 0 Å². The third kappa shape index (κ3) is 1.99. The molecule has 0 saturated carbocycles. The molecule has 0 unspecified atom stereocenters. The molecular formula is C18H13N3. The van der Waals surface area contributed by atoms with Gasteiger partial charge in [0.2, 0.25) is 0 Å². The van der Waals surface area contributed by atoms with Crippen LogP contribution in [-0.4, -0.2) is 16.2 Å². The Balaban J connectivity index is 2.06. The van der Waals surface area contributed by atoms with Gasteiger partial charge in [0.1, 0.15) is 0 Å². The van der Waals surface area contributed by atoms with E-state index in [-0.39, 0.29) is 0 Å². The first-order valence-electron chi connectivity index (χ1n) is 6.86. The van der Waals surface area contributed by atoms with Gasteiger partial charge in [-0.2, -0.15) is 0 Å². The Morgan fingerprint density at radius 2 is 1.95 bits per heavy atom. The van der Waals surface area contributed by atoms with Crippen LogP contribution >= 0.6 is 0 Å². The van der Waals surface area contributed by atoms with E-state index in [1.807, 2.05) is 61.1 Å². The monoisotopic (exact) mass is 271 g/mol. The lowest BCUT2D eigenvalue weighted by molar-refractivity contribution is 1.31. The fourth-order valence-electron chi connectivity index (χ4n) is 2.67. The number of aromatic amines is 1. The van der Waals surface area contributed by atoms with Crippen LogP contribution in [0, 0.1) is 0 Å². The van der Waals surface area contributed by atoms with Crippen molar-refractivity contribution in [3.05, 3.63) is 84.0 Å². The maximum absolute atomic E-state index is 4.48. The molecule has 0 saturated heterocycles. The SMILES string of the molecule is C1=CC(=C(c2ccc[nH]2)c2ccnc3ccccc23)N=C1. The number of hydrogen-bond donors (Lipinski definition) is 1. The van der Waals surface area contributed by atoms with Gasteiger partial charge in [-0.05, 0) is 42.0 Å². The molecule has 0 bridgehead atoms. The Kier molecular flexibility index (Phi) is 2.75. The van der Waals surface area contributed by atoms with Gasteiger partial charge < -0.3 is 4.98 Å². The molecule has 1 aliphatic heterocycles. The van der Waals surface area contributed by atoms with Crippen molar-refractivity contribution in [3.63, 3.8) is 0 Å². The third-order valence-corrected chi connectivity index (χ3v) is 3.60. The van der Waals surface area contributed by atoms with Gasteiger partial charge >= 0.3 is 0 Å². The maximum Gasteiger partial charge on any atom is 0.0729 e. The van der Waals surface area contributed by atoms with Gasteiger partial charge in [0.15, 0.2) is 0 Å². The second-order valence-electron chi connectivity index (χ2n) is 4.86. The molecule has 2 aromatic heterocycles. The molecular weight excluding hydrogens is 258 g/mol. The molecule has 0 amide bonds. The summed E-state index contributed by atoms with van der Waals surface area (Å²) in [7, 11) is 0. The third-order valence-electron chi connectivity index (χ3n) is 3.60. The number of nitrogens with zero attached hydrogens (tertiary/aromatic N) is 2. The van der Waals surface area contributed by atoms with Crippen molar-refractivity contribution >= 4 is 22.7 Å². The van der Waals surface area contributed by atoms with Crippen molar-refractivity contribution in [1.82, 2.24) is 9.97 Å². The van der Waals surface area contributed by atoms with E-state index in [1.165, 1.54) is 0 Å². The van der Waals surface area contributed by atoms with Crippen LogP contribution < -0.4 is 0 Å². The van der Waals surface area contributed by atoms with E-state index < -0.39 is 0 Å². The zero-order chi connectivity index (χ0) is 14.1. The van der Waals surface area contributed by atoms with Crippen LogP contribution in [0.5, 0.6) is 0 Å². The van der Waals surface area contributed by atoms with E-state index in [9.17, 15) is 0 Å². The van der Waals surface area contributed by atoms with Crippen LogP contribution in [0.25, 0.3) is 16.5 Å². The summed E-state index contributed by atoms with van der Waals surface area (Å²) in [6.07, 6.45) is 9.60. The minimum Gasteiger partial charge on any atom is -0.361 e. The fourth-order valence-corrected chi connectivity index (χ4v) is 2.67. The number of allylic oxidation sites excluding steroid dienone is 2. The molecule has 0 radical (unpaired) electrons. The van der Waals surface area contributed by atoms with E-state index in [4.69, 9.17) is 0 Å². The first-order valence-corrected chi connectivity index (χ1v) is 6.86. The van der Waals surface area contributed by atoms with E-state index >= 15 is 0 Å². The summed E-state index contributed by atoms with van der Waals surface area (Å²) in [6, 6.07) is 14.3. The molecule has 1 aliphatic rings. The molecule has 0 fully saturated rings. The summed E-state index contributed by atoms with van der Waals surface area (Å²) < 4.78 is 0. The first-order chi connectivity index (χ1) is 10.4. The Morgan fingerprint density at radius 3 is 2.76 bits per heavy atom. The largest absolute Gasteiger partial charge is 0.361 e. The molecule has 1 N–H and O–H groups in total. The minimum atomic E-state index is 0.966. The fraction of sp³-hybridized carbons (Fsp3) is 0. The van der Waals surface area contributed by atoms with Crippen molar-refractivity contribution in [2.75, 3.05) is 0 Å². The van der Waals surface area contributed by atoms with Crippen LogP contribution in [0.3, 0.4) is 0 Å². The van der Waals surface area contributed by atoms with Gasteiger partial charge in [-0.25, -0.2) is 0 Å². The number of nitrogens with one attached hydrogen (secondary N) is 1. The second-order valence-corrected chi connectivity index (χ2v) is 4.86. The van der Waals surface area contributed by atoms with Crippen molar-refractivity contribution in [1.29, 1.82) is 0 Å². The number of hydrogen-bond acceptors (Lipinski definition) is 2. The minimum absolute atomic E-state index is 0.966. The highest BCUT2D eigenvalue weighted by Crippen LogP contribution is 2.32. The highest BCUT2D eigenvalue weighted by Gasteiger charge is 2.15. The van der Waals surface area contributed by atoms with Crippen LogP contribution in [0.1, 0.15) is 11.3 Å². The molecule has 4 rings (SSSR count). The number of aliphatic imine (C=N–C) groups is 1. The number of fused-ring (bicyclic) bond motifs is 1. The standard InChI is InChI=1S/C18H13N3/c1-2-6-15-13(5-1)14(9-12-21-15)18(16-7-3-10-19-16)17-8-4-11-20-17/h1-12,19H. The van der Waals surface area contributed by atoms with Gasteiger partial charge in [-0.3, -0.25) is 9.98 Å². The summed E-state index contributed by atoms with van der Waals surface area (Å²) in [5.41, 5.74) is 5.26. The molecule has 0 atom stereocenters. The first kappa shape index (κ1) is 11.9. The molecule has 0 aliphatic carbocycles. The highest BCUT2D eigenvalue weighted by atomic mass is 14.8. The summed E-state index contributed by atoms with van der Waals surface area (Å²) >= 11 is 0. The summed E-state index contributed by atoms with van der Waals surface area (Å²) in [6.45, 7) is 0. The van der Waals surface area contributed by atoms with Crippen LogP contribution in [0.15, 0.2) is 77.7 Å². The van der Waals surface area contributed by atoms with E-state index in [0.29, 0.717) is 0 Å². The molecule has 3 nitrogen and oxygen atoms in total. The summed E-state index contributed by atoms with van der Waals surface area (Å²) in [5, 5.41) is 1.13. The van der Waals surface area contributed by atoms with Gasteiger partial charge in [0.05, 0.1) is 11.2 Å². The average molecular weight is 271 g/mol. The summed E-state index contributed by atoms with van der Waals surface area (Å²) in [4.78, 5) is 12.2. The molecule has 3 aromatic rings. The topological polar surface area (TPSA) is 41.0 Å². The number of H-pyrrole nitrogens is 1. The zero-order valence-electron chi connectivity index (χ0n) is 11.3. The second kappa shape index (κ2) is 4.87. The van der Waals surface area contributed by atoms with Crippen molar-refractivity contribution in [3.8, 4) is 0 Å². The summed E-state index contributed by atoms with van der Waals surface area (Å²) in [5.74, 6) is 0. The molecule has 3 heterocycles. The number of benzene rings is 1. The van der Waals surface area contributed by atoms with E-state index in [2.05, 4.69) is 27.1 Å². The van der Waals surface area contributed by atoms with Gasteiger partial charge in [0, 0.05) is 35.3 Å². The number of rotatable bonds is 2. The molecule has 100 valence electrons. The number of pyridine rings is 1. The number of para-hydroxylation sites is 1. The van der Waals surface area contributed by atoms with E-state index in [1.54, 1.807) is 0 Å². The Morgan fingerprint density at radius 1 is 1.00 bits per heavy atom. The average Bonchev–Trinajstić information content (AvgIpc) is 3.22. The quantitative estimate of drug-likeness (QED) is 0.753. The normalized spacial score (nSPS) is 15.8. The zero-order valence-corrected chi connectivity index (χ0v) is 11.3. The van der Waals surface area contributed by atoms with Gasteiger partial charge in [-0.1, -0.05) is 18.2 Å². The Labute approximate surface area is 122 Å². The van der Waals surface area contributed by atoms with E-state index in [0.717, 1.165) is 33.4 Å². The highest BCUT2D eigenvalue weighted by molar-refractivity contribution is 5.98. The van der Waals surface area contributed by atoms with Crippen molar-refractivity contribution < 1.29 is 0 Å². The predicted octanol–water partition coefficient (Wildman–Crippen LogP) is 3.96. The smallest absolute Gasteiger partial charge is 0.0729 e. The lowest BCUT2D eigenvalue weighted by Gasteiger charge is -2.11. The lowest BCUT2D eigenvalue weighted by atomic mass is 9.97. The predicted molar refractivity (Wildman–Crippen MR) is 86.2 cm³/mol. The molecule has 0 spiro atoms. The van der Waals surface area contributed by atoms with Crippen LogP contribution in [0.2, 0.25) is 0 Å². The van der Waals surface area contributed by atoms with Crippen molar-refractivity contribution in [2.24, 2.45) is 4.99 Å². The van der Waals surface area contributed by atoms with Gasteiger partial charge in [0.25, 0.3) is 0 Å². The van der Waals surface area contributed by atoms with Crippen LogP contribution in [0.4, 0.5) is 0 Å². The lowest BCUT2D eigenvalue weighted by Crippen LogP contribution is -1.94. The van der Waals surface area contributed by atoms with Crippen LogP contribution in [-0.2, 0) is 0 Å². The molecule has 3 heteroatoms. The number of aromatic nitrogens is 2. The Hall–Kier alpha value is -2.94. The molecule has 21 heavy (non-hydrogen) atoms. The molecule has 1 aromatic carbocycles. The van der Waals surface area contributed by atoms with Crippen molar-refractivity contribution in [2.45, 2.75) is 0 Å². The maximum atomic E-state index is 4.48.